The third-order valence-electron chi connectivity index (χ3n) is 2.64. The van der Waals surface area contributed by atoms with Crippen LogP contribution in [0.4, 0.5) is 0 Å². The molecule has 0 aliphatic carbocycles. The van der Waals surface area contributed by atoms with Gasteiger partial charge < -0.3 is 5.48 Å². The van der Waals surface area contributed by atoms with Crippen LogP contribution >= 0.6 is 0 Å². The minimum atomic E-state index is -0.0850. The van der Waals surface area contributed by atoms with Gasteiger partial charge in [-0.15, -0.1) is 9.61 Å². The highest BCUT2D eigenvalue weighted by atomic mass is 16.1. The number of benzene rings is 1. The van der Waals surface area contributed by atoms with E-state index in [2.05, 4.69) is 10.3 Å². The van der Waals surface area contributed by atoms with E-state index < -0.39 is 0 Å². The number of H-pyrrole nitrogens is 2. The summed E-state index contributed by atoms with van der Waals surface area (Å²) >= 11 is 0. The summed E-state index contributed by atoms with van der Waals surface area (Å²) < 4.78 is 1.78. The molecule has 0 spiro atoms. The number of fused-ring (bicyclic) bond motifs is 3. The predicted molar refractivity (Wildman–Crippen MR) is 58.8 cm³/mol. The van der Waals surface area contributed by atoms with Crippen LogP contribution in [-0.2, 0) is 0 Å². The van der Waals surface area contributed by atoms with Gasteiger partial charge in [-0.05, 0) is 19.1 Å². The highest BCUT2D eigenvalue weighted by Crippen LogP contribution is 2.12. The number of nitrogens with zero attached hydrogens (tertiary/aromatic N) is 1. The smallest absolute Gasteiger partial charge is 0.399 e. The van der Waals surface area contributed by atoms with Gasteiger partial charge in [0.15, 0.2) is 5.52 Å². The molecule has 0 bridgehead atoms. The number of aryl methyl sites for hydroxylation is 1. The van der Waals surface area contributed by atoms with Crippen LogP contribution in [0.3, 0.4) is 0 Å². The molecule has 82 valence electrons. The Labute approximate surface area is 90.6 Å². The van der Waals surface area contributed by atoms with Gasteiger partial charge in [0, 0.05) is 10.9 Å². The highest BCUT2D eigenvalue weighted by Gasteiger charge is 2.14. The standard InChI is InChI=1S/C11H9N3O.H2O/c1-7-6-8-4-2-3-5-9(8)14-10(7)11(15)12-13-14;/h2-6,15H,1H3;1H2. The van der Waals surface area contributed by atoms with Gasteiger partial charge in [0.2, 0.25) is 5.52 Å². The largest absolute Gasteiger partial charge is 0.870 e. The van der Waals surface area contributed by atoms with E-state index in [-0.39, 0.29) is 11.0 Å². The molecule has 0 saturated carbocycles. The first-order chi connectivity index (χ1) is 7.27. The van der Waals surface area contributed by atoms with Crippen molar-refractivity contribution < 1.29 is 9.99 Å². The second kappa shape index (κ2) is 3.46. The Kier molecular flexibility index (Phi) is 2.25. The minimum Gasteiger partial charge on any atom is -0.870 e. The van der Waals surface area contributed by atoms with Gasteiger partial charge in [0.1, 0.15) is 0 Å². The average molecular weight is 217 g/mol. The van der Waals surface area contributed by atoms with Gasteiger partial charge in [0.25, 0.3) is 0 Å². The van der Waals surface area contributed by atoms with E-state index in [9.17, 15) is 4.79 Å². The molecule has 16 heavy (non-hydrogen) atoms. The number of pyridine rings is 1. The number of nitrogens with one attached hydrogen (secondary N) is 2. The van der Waals surface area contributed by atoms with Crippen molar-refractivity contribution in [3.05, 3.63) is 46.2 Å². The van der Waals surface area contributed by atoms with Crippen molar-refractivity contribution in [1.29, 1.82) is 0 Å². The van der Waals surface area contributed by atoms with Crippen LogP contribution < -0.4 is 10.1 Å². The first-order valence-corrected chi connectivity index (χ1v) is 4.78. The van der Waals surface area contributed by atoms with Gasteiger partial charge in [-0.3, -0.25) is 0 Å². The number of para-hydroxylation sites is 1. The fourth-order valence-corrected chi connectivity index (χ4v) is 1.97. The fourth-order valence-electron chi connectivity index (χ4n) is 1.97. The third kappa shape index (κ3) is 1.22. The fraction of sp³-hybridized carbons (Fsp3) is 0.0909. The van der Waals surface area contributed by atoms with E-state index in [0.717, 1.165) is 16.5 Å². The minimum absolute atomic E-state index is 0. The SMILES string of the molecule is Cc1cc2ccccc2[n+]2[nH][nH]c(=O)c12.[OH-]. The summed E-state index contributed by atoms with van der Waals surface area (Å²) in [6, 6.07) is 9.97. The van der Waals surface area contributed by atoms with Gasteiger partial charge in [-0.25, -0.2) is 4.79 Å². The highest BCUT2D eigenvalue weighted by molar-refractivity contribution is 5.78. The Morgan fingerprint density at radius 1 is 1.25 bits per heavy atom. The molecular formula is C11H11N3O2. The molecule has 2 aromatic heterocycles. The lowest BCUT2D eigenvalue weighted by Crippen LogP contribution is -2.26. The van der Waals surface area contributed by atoms with Crippen molar-refractivity contribution in [2.24, 2.45) is 0 Å². The van der Waals surface area contributed by atoms with Crippen LogP contribution in [0.2, 0.25) is 0 Å². The number of aromatic amines is 2. The van der Waals surface area contributed by atoms with Gasteiger partial charge in [0.05, 0.1) is 0 Å². The van der Waals surface area contributed by atoms with Gasteiger partial charge in [-0.2, -0.15) is 0 Å². The zero-order valence-corrected chi connectivity index (χ0v) is 8.69. The normalized spacial score (nSPS) is 10.6. The summed E-state index contributed by atoms with van der Waals surface area (Å²) in [5.74, 6) is 0. The molecule has 5 nitrogen and oxygen atoms in total. The molecule has 0 aliphatic heterocycles. The van der Waals surface area contributed by atoms with Gasteiger partial charge >= 0.3 is 5.56 Å². The van der Waals surface area contributed by atoms with E-state index in [4.69, 9.17) is 0 Å². The molecule has 0 aliphatic rings. The van der Waals surface area contributed by atoms with Gasteiger partial charge in [-0.1, -0.05) is 23.4 Å². The Balaban J connectivity index is 0.000000963. The van der Waals surface area contributed by atoms with Crippen molar-refractivity contribution in [3.8, 4) is 0 Å². The van der Waals surface area contributed by atoms with E-state index in [1.165, 1.54) is 0 Å². The van der Waals surface area contributed by atoms with Crippen molar-refractivity contribution in [3.63, 3.8) is 0 Å². The van der Waals surface area contributed by atoms with E-state index in [0.29, 0.717) is 5.52 Å². The Morgan fingerprint density at radius 3 is 2.81 bits per heavy atom. The molecular weight excluding hydrogens is 206 g/mol. The summed E-state index contributed by atoms with van der Waals surface area (Å²) in [5, 5.41) is 6.56. The Morgan fingerprint density at radius 2 is 2.00 bits per heavy atom. The third-order valence-corrected chi connectivity index (χ3v) is 2.64. The molecule has 0 radical (unpaired) electrons. The van der Waals surface area contributed by atoms with Crippen molar-refractivity contribution >= 4 is 16.4 Å². The summed E-state index contributed by atoms with van der Waals surface area (Å²) in [5.41, 5.74) is 2.56. The predicted octanol–water partition coefficient (Wildman–Crippen LogP) is 0.727. The van der Waals surface area contributed by atoms with Crippen LogP contribution in [0.5, 0.6) is 0 Å². The first kappa shape index (κ1) is 10.4. The number of hydrogen-bond donors (Lipinski definition) is 2. The van der Waals surface area contributed by atoms with E-state index in [1.807, 2.05) is 37.3 Å². The molecule has 0 fully saturated rings. The number of hydrogen-bond acceptors (Lipinski definition) is 2. The molecule has 0 saturated heterocycles. The molecule has 3 rings (SSSR count). The monoisotopic (exact) mass is 217 g/mol. The molecule has 2 heterocycles. The molecule has 3 N–H and O–H groups in total. The zero-order valence-electron chi connectivity index (χ0n) is 8.69. The van der Waals surface area contributed by atoms with Crippen LogP contribution in [0.1, 0.15) is 5.56 Å². The van der Waals surface area contributed by atoms with Crippen molar-refractivity contribution in [2.45, 2.75) is 6.92 Å². The van der Waals surface area contributed by atoms with E-state index in [1.54, 1.807) is 4.52 Å². The second-order valence-electron chi connectivity index (χ2n) is 3.64. The average Bonchev–Trinajstić information content (AvgIpc) is 2.62. The Hall–Kier alpha value is -2.14. The van der Waals surface area contributed by atoms with Crippen molar-refractivity contribution in [2.75, 3.05) is 0 Å². The maximum atomic E-state index is 11.5. The van der Waals surface area contributed by atoms with Crippen LogP contribution in [0.15, 0.2) is 35.1 Å². The number of rotatable bonds is 0. The maximum Gasteiger partial charge on any atom is 0.399 e. The summed E-state index contributed by atoms with van der Waals surface area (Å²) in [4.78, 5) is 11.5. The molecule has 0 atom stereocenters. The Bertz CT molecular complexity index is 712. The topological polar surface area (TPSA) is 82.8 Å². The zero-order chi connectivity index (χ0) is 10.4. The van der Waals surface area contributed by atoms with Crippen molar-refractivity contribution in [1.82, 2.24) is 10.3 Å². The second-order valence-corrected chi connectivity index (χ2v) is 3.64. The maximum absolute atomic E-state index is 11.5. The summed E-state index contributed by atoms with van der Waals surface area (Å²) in [6.07, 6.45) is 0. The molecule has 1 aromatic carbocycles. The van der Waals surface area contributed by atoms with E-state index >= 15 is 0 Å². The lowest BCUT2D eigenvalue weighted by molar-refractivity contribution is -0.554. The molecule has 3 aromatic rings. The van der Waals surface area contributed by atoms with Crippen LogP contribution in [-0.4, -0.2) is 15.8 Å². The molecule has 0 unspecified atom stereocenters. The lowest BCUT2D eigenvalue weighted by Gasteiger charge is -1.97. The molecule has 5 heteroatoms. The van der Waals surface area contributed by atoms with Crippen LogP contribution in [0, 0.1) is 6.92 Å². The summed E-state index contributed by atoms with van der Waals surface area (Å²) in [7, 11) is 0. The van der Waals surface area contributed by atoms with Crippen LogP contribution in [0.25, 0.3) is 16.4 Å². The summed E-state index contributed by atoms with van der Waals surface area (Å²) in [6.45, 7) is 1.94. The quantitative estimate of drug-likeness (QED) is 0.544. The molecule has 0 amide bonds. The number of aromatic nitrogens is 3. The first-order valence-electron chi connectivity index (χ1n) is 4.78. The lowest BCUT2D eigenvalue weighted by atomic mass is 10.1.